The maximum absolute atomic E-state index is 11.0. The van der Waals surface area contributed by atoms with Gasteiger partial charge in [0.1, 0.15) is 30.2 Å². The van der Waals surface area contributed by atoms with Gasteiger partial charge < -0.3 is 43.5 Å². The number of hydrogen-bond donors (Lipinski definition) is 2. The molecule has 2 rings (SSSR count). The summed E-state index contributed by atoms with van der Waals surface area (Å²) in [5, 5.41) is 17.3. The van der Waals surface area contributed by atoms with Gasteiger partial charge in [-0.05, 0) is 68.9 Å². The third-order valence-corrected chi connectivity index (χ3v) is 9.67. The highest BCUT2D eigenvalue weighted by molar-refractivity contribution is 5.92. The van der Waals surface area contributed by atoms with Crippen molar-refractivity contribution in [1.29, 1.82) is 0 Å². The van der Waals surface area contributed by atoms with Crippen LogP contribution in [0, 0.1) is 11.8 Å². The molecular weight excluding hydrogens is 1010 g/mol. The lowest BCUT2D eigenvalue weighted by atomic mass is 10.2. The van der Waals surface area contributed by atoms with Gasteiger partial charge in [-0.25, -0.2) is 4.79 Å². The number of aldehydes is 3. The van der Waals surface area contributed by atoms with E-state index in [1.165, 1.54) is 78.0 Å². The first-order valence-corrected chi connectivity index (χ1v) is 29.2. The zero-order valence-electron chi connectivity index (χ0n) is 52.1. The van der Waals surface area contributed by atoms with Gasteiger partial charge >= 0.3 is 29.8 Å². The van der Waals surface area contributed by atoms with E-state index in [0.29, 0.717) is 64.1 Å². The quantitative estimate of drug-likeness (QED) is 0.0310. The van der Waals surface area contributed by atoms with Crippen molar-refractivity contribution in [2.75, 3.05) is 40.1 Å². The fourth-order valence-corrected chi connectivity index (χ4v) is 5.01. The normalized spacial score (nSPS) is 9.28. The van der Waals surface area contributed by atoms with Crippen LogP contribution in [0.5, 0.6) is 5.75 Å². The monoisotopic (exact) mass is 1120 g/mol. The molecule has 0 aliphatic carbocycles. The van der Waals surface area contributed by atoms with Crippen molar-refractivity contribution < 1.29 is 72.3 Å². The number of ether oxygens (including phenoxy) is 5. The molecule has 0 heterocycles. The number of aromatic hydroxyl groups is 1. The summed E-state index contributed by atoms with van der Waals surface area (Å²) in [5.41, 5.74) is 0.919. The summed E-state index contributed by atoms with van der Waals surface area (Å²) in [7, 11) is 1.27. The first kappa shape index (κ1) is 87.4. The van der Waals surface area contributed by atoms with Crippen LogP contribution in [0.1, 0.15) is 258 Å². The van der Waals surface area contributed by atoms with E-state index >= 15 is 0 Å². The molecule has 0 aliphatic rings. The lowest BCUT2D eigenvalue weighted by Gasteiger charge is -2.02. The second kappa shape index (κ2) is 76.8. The summed E-state index contributed by atoms with van der Waals surface area (Å²) in [5.74, 6) is -0.0388. The van der Waals surface area contributed by atoms with E-state index in [9.17, 15) is 38.4 Å². The molecule has 15 heteroatoms. The molecule has 0 spiro atoms. The molecule has 0 amide bonds. The number of carbonyl (C=O) groups excluding carboxylic acids is 8. The van der Waals surface area contributed by atoms with Crippen molar-refractivity contribution in [2.45, 2.75) is 238 Å². The zero-order valence-corrected chi connectivity index (χ0v) is 52.1. The van der Waals surface area contributed by atoms with E-state index in [1.54, 1.807) is 24.3 Å². The Morgan fingerprint density at radius 1 is 0.481 bits per heavy atom. The maximum Gasteiger partial charge on any atom is 0.341 e. The van der Waals surface area contributed by atoms with E-state index in [2.05, 4.69) is 46.3 Å². The predicted molar refractivity (Wildman–Crippen MR) is 321 cm³/mol. The molecule has 2 aromatic carbocycles. The van der Waals surface area contributed by atoms with Crippen LogP contribution < -0.4 is 0 Å². The number of para-hydroxylation sites is 1. The molecule has 79 heavy (non-hydrogen) atoms. The number of benzene rings is 2. The van der Waals surface area contributed by atoms with Crippen molar-refractivity contribution in [1.82, 2.24) is 0 Å². The van der Waals surface area contributed by atoms with E-state index < -0.39 is 5.97 Å². The second-order valence-electron chi connectivity index (χ2n) is 18.7. The number of hydrogen-bond acceptors (Lipinski definition) is 15. The Balaban J connectivity index is -0.000000149. The van der Waals surface area contributed by atoms with E-state index in [-0.39, 0.29) is 35.2 Å². The van der Waals surface area contributed by atoms with Crippen LogP contribution in [0.2, 0.25) is 0 Å². The van der Waals surface area contributed by atoms with Crippen LogP contribution in [0.25, 0.3) is 0 Å². The summed E-state index contributed by atoms with van der Waals surface area (Å²) >= 11 is 0. The molecule has 0 aliphatic heterocycles. The standard InChI is InChI=1S/C10H20O2.C9H18O2.C8H8O3.C8H16O2.C7H14O2.C7H6O.C6H12O.C5H10O.C4H10O/c1-3-5-7-8-10(11)12-9-6-4-2;1-3-5-6-8-11-9(10)7-4-2;1-11-8(10)6-4-2-3-5-7(6)9;1-3-4-5-6-7-10-8(2)9;1-3-4-5-6-9-7(2)8;8-6-7-4-2-1-3-5-7;1-2-3-4-5-6-7;1-5(2)3-4-6;1-4(2)3-5/h3-9H2,1-2H3;3-8H2,1-2H3;2-5,9H,1H3;3-7H2,1-2H3;3-6H2,1-2H3;1-6H;6H,2-5H2,1H3;4-5H,3H2,1-2H3;4-5H,3H2,1-2H3. The fraction of sp³-hybridized carbons (Fsp3) is 0.688. The van der Waals surface area contributed by atoms with Crippen molar-refractivity contribution in [2.24, 2.45) is 11.8 Å². The van der Waals surface area contributed by atoms with E-state index in [0.717, 1.165) is 108 Å². The number of phenolic OH excluding ortho intramolecular Hbond substituents is 1. The highest BCUT2D eigenvalue weighted by Crippen LogP contribution is 2.15. The highest BCUT2D eigenvalue weighted by atomic mass is 16.5. The number of aliphatic hydroxyl groups is 1. The second-order valence-corrected chi connectivity index (χ2v) is 18.7. The molecule has 0 bridgehead atoms. The fourth-order valence-electron chi connectivity index (χ4n) is 5.01. The number of phenols is 1. The molecule has 2 N–H and O–H groups in total. The summed E-state index contributed by atoms with van der Waals surface area (Å²) in [6, 6.07) is 15.3. The Hall–Kier alpha value is -5.44. The Morgan fingerprint density at radius 2 is 0.886 bits per heavy atom. The maximum atomic E-state index is 11.0. The van der Waals surface area contributed by atoms with Crippen molar-refractivity contribution >= 4 is 48.7 Å². The summed E-state index contributed by atoms with van der Waals surface area (Å²) < 4.78 is 23.8. The molecular formula is C64H114O15. The molecule has 15 nitrogen and oxygen atoms in total. The van der Waals surface area contributed by atoms with Crippen molar-refractivity contribution in [3.63, 3.8) is 0 Å². The van der Waals surface area contributed by atoms with Crippen molar-refractivity contribution in [3.8, 4) is 5.75 Å². The largest absolute Gasteiger partial charge is 0.507 e. The summed E-state index contributed by atoms with van der Waals surface area (Å²) in [6.07, 6.45) is 26.3. The van der Waals surface area contributed by atoms with Crippen LogP contribution in [0.15, 0.2) is 54.6 Å². The van der Waals surface area contributed by atoms with Crippen LogP contribution >= 0.6 is 0 Å². The third-order valence-electron chi connectivity index (χ3n) is 9.67. The minimum atomic E-state index is -0.525. The number of esters is 5. The molecule has 0 atom stereocenters. The Morgan fingerprint density at radius 3 is 1.25 bits per heavy atom. The lowest BCUT2D eigenvalue weighted by Crippen LogP contribution is -2.05. The van der Waals surface area contributed by atoms with Crippen molar-refractivity contribution in [3.05, 3.63) is 65.7 Å². The number of rotatable bonds is 31. The van der Waals surface area contributed by atoms with Gasteiger partial charge in [0.15, 0.2) is 0 Å². The van der Waals surface area contributed by atoms with Gasteiger partial charge in [-0.2, -0.15) is 0 Å². The number of unbranched alkanes of at least 4 members (excludes halogenated alkanes) is 13. The molecule has 460 valence electrons. The highest BCUT2D eigenvalue weighted by Gasteiger charge is 2.08. The minimum Gasteiger partial charge on any atom is -0.507 e. The SMILES string of the molecule is CC(C)CC=O.CC(C)CO.CCCCCC(=O)OCCCC.CCCCCC=O.CCCCCCOC(C)=O.CCCCCOC(=O)CCC.CCCCCOC(C)=O.COC(=O)c1ccccc1O.O=Cc1ccccc1. The molecule has 0 saturated carbocycles. The smallest absolute Gasteiger partial charge is 0.341 e. The van der Waals surface area contributed by atoms with Crippen LogP contribution in [-0.4, -0.2) is 99.1 Å². The Kier molecular flexibility index (Phi) is 85.0. The van der Waals surface area contributed by atoms with Crippen LogP contribution in [-0.2, 0) is 52.5 Å². The van der Waals surface area contributed by atoms with Gasteiger partial charge in [-0.3, -0.25) is 24.0 Å². The molecule has 0 saturated heterocycles. The van der Waals surface area contributed by atoms with Gasteiger partial charge in [-0.1, -0.05) is 196 Å². The van der Waals surface area contributed by atoms with E-state index in [4.69, 9.17) is 29.2 Å². The molecule has 2 aromatic rings. The first-order chi connectivity index (χ1) is 37.8. The summed E-state index contributed by atoms with van der Waals surface area (Å²) in [6.45, 7) is 28.3. The molecule has 0 fully saturated rings. The number of aliphatic hydroxyl groups excluding tert-OH is 1. The Bertz CT molecular complexity index is 1600. The molecule has 0 aromatic heterocycles. The minimum absolute atomic E-state index is 0.0306. The summed E-state index contributed by atoms with van der Waals surface area (Å²) in [4.78, 5) is 82.3. The van der Waals surface area contributed by atoms with Gasteiger partial charge in [0.25, 0.3) is 0 Å². The number of methoxy groups -OCH3 is 1. The molecule has 0 radical (unpaired) electrons. The third kappa shape index (κ3) is 92.3. The lowest BCUT2D eigenvalue weighted by molar-refractivity contribution is -0.144. The Labute approximate surface area is 480 Å². The van der Waals surface area contributed by atoms with Crippen LogP contribution in [0.3, 0.4) is 0 Å². The zero-order chi connectivity index (χ0) is 61.6. The van der Waals surface area contributed by atoms with Gasteiger partial charge in [-0.15, -0.1) is 0 Å². The first-order valence-electron chi connectivity index (χ1n) is 29.2. The van der Waals surface area contributed by atoms with Crippen LogP contribution in [0.4, 0.5) is 0 Å². The predicted octanol–water partition coefficient (Wildman–Crippen LogP) is 15.6. The van der Waals surface area contributed by atoms with Gasteiger partial charge in [0, 0.05) is 51.7 Å². The molecule has 0 unspecified atom stereocenters. The number of carbonyl (C=O) groups is 8. The van der Waals surface area contributed by atoms with Gasteiger partial charge in [0.2, 0.25) is 0 Å². The average Bonchev–Trinajstić information content (AvgIpc) is 3.43. The van der Waals surface area contributed by atoms with Gasteiger partial charge in [0.05, 0.1) is 33.5 Å². The average molecular weight is 1120 g/mol. The van der Waals surface area contributed by atoms with E-state index in [1.807, 2.05) is 52.8 Å². The topological polar surface area (TPSA) is 223 Å².